The minimum absolute atomic E-state index is 0. The van der Waals surface area contributed by atoms with Crippen molar-refractivity contribution in [3.05, 3.63) is 0 Å². The molecule has 0 aliphatic carbocycles. The van der Waals surface area contributed by atoms with Crippen LogP contribution in [0.4, 0.5) is 0 Å². The molecule has 0 aromatic carbocycles. The average molecular weight is 544 g/mol. The number of carboxylic acid groups (broad SMARTS) is 5. The van der Waals surface area contributed by atoms with Crippen LogP contribution in [-0.4, -0.2) is 81.6 Å². The van der Waals surface area contributed by atoms with Gasteiger partial charge >= 0.3 is 0 Å². The van der Waals surface area contributed by atoms with Gasteiger partial charge in [0.05, 0.1) is 0 Å². The van der Waals surface area contributed by atoms with Crippen molar-refractivity contribution in [3.8, 4) is 0 Å². The van der Waals surface area contributed by atoms with Crippen molar-refractivity contribution in [1.29, 1.82) is 0 Å². The SMILES string of the molecule is CC(=O)O.CC(=O)O.CC(=O)O.CC(=O)O.CC(=O)O.NCCNCCN.[Pr]. The van der Waals surface area contributed by atoms with Crippen molar-refractivity contribution in [1.82, 2.24) is 5.32 Å². The van der Waals surface area contributed by atoms with Gasteiger partial charge in [0.15, 0.2) is 0 Å². The number of nitrogens with two attached hydrogens (primary N) is 2. The van der Waals surface area contributed by atoms with E-state index >= 15 is 0 Å². The molecule has 0 aromatic rings. The molecule has 0 amide bonds. The number of carbonyl (C=O) groups is 5. The molecule has 10 N–H and O–H groups in total. The van der Waals surface area contributed by atoms with Crippen LogP contribution >= 0.6 is 0 Å². The van der Waals surface area contributed by atoms with Gasteiger partial charge in [0.1, 0.15) is 0 Å². The second-order valence-corrected chi connectivity index (χ2v) is 3.92. The van der Waals surface area contributed by atoms with Crippen LogP contribution in [0, 0.1) is 41.3 Å². The maximum atomic E-state index is 9.00. The Bertz CT molecular complexity index is 289. The first kappa shape index (κ1) is 45.4. The van der Waals surface area contributed by atoms with Crippen LogP contribution in [0.3, 0.4) is 0 Å². The zero-order valence-electron chi connectivity index (χ0n) is 16.8. The molecule has 0 saturated carbocycles. The predicted molar refractivity (Wildman–Crippen MR) is 97.5 cm³/mol. The monoisotopic (exact) mass is 544 g/mol. The molecule has 0 heterocycles. The van der Waals surface area contributed by atoms with Gasteiger partial charge in [0.25, 0.3) is 29.8 Å². The Labute approximate surface area is 197 Å². The second-order valence-electron chi connectivity index (χ2n) is 3.92. The van der Waals surface area contributed by atoms with Crippen molar-refractivity contribution >= 4 is 29.8 Å². The fraction of sp³-hybridized carbons (Fsp3) is 0.643. The third kappa shape index (κ3) is 2040. The van der Waals surface area contributed by atoms with Crippen LogP contribution < -0.4 is 16.8 Å². The Kier molecular flexibility index (Phi) is 72.6. The van der Waals surface area contributed by atoms with Gasteiger partial charge in [-0.1, -0.05) is 0 Å². The van der Waals surface area contributed by atoms with E-state index in [1.807, 2.05) is 0 Å². The van der Waals surface area contributed by atoms with E-state index in [0.717, 1.165) is 47.7 Å². The number of hydrogen-bond donors (Lipinski definition) is 8. The van der Waals surface area contributed by atoms with E-state index < -0.39 is 29.8 Å². The topological polar surface area (TPSA) is 251 Å². The van der Waals surface area contributed by atoms with E-state index in [9.17, 15) is 0 Å². The minimum atomic E-state index is -0.833. The quantitative estimate of drug-likeness (QED) is 0.197. The van der Waals surface area contributed by atoms with Crippen molar-refractivity contribution in [2.45, 2.75) is 34.6 Å². The average Bonchev–Trinajstić information content (AvgIpc) is 2.35. The largest absolute Gasteiger partial charge is 0.481 e. The zero-order chi connectivity index (χ0) is 23.4. The number of aliphatic carboxylic acids is 5. The fourth-order valence-corrected chi connectivity index (χ4v) is 0.329. The molecule has 0 bridgehead atoms. The molecule has 0 fully saturated rings. The van der Waals surface area contributed by atoms with Gasteiger partial charge in [0.2, 0.25) is 0 Å². The summed E-state index contributed by atoms with van der Waals surface area (Å²) in [5, 5.41) is 40.1. The van der Waals surface area contributed by atoms with Crippen LogP contribution in [0.5, 0.6) is 0 Å². The molecular weight excluding hydrogens is 511 g/mol. The second kappa shape index (κ2) is 44.8. The first-order valence-electron chi connectivity index (χ1n) is 7.16. The molecule has 0 saturated heterocycles. The van der Waals surface area contributed by atoms with Crippen LogP contribution in [0.25, 0.3) is 0 Å². The molecular formula is C14H33N3O10Pr. The van der Waals surface area contributed by atoms with Gasteiger partial charge in [0, 0.05) is 102 Å². The summed E-state index contributed by atoms with van der Waals surface area (Å²) in [4.78, 5) is 45.0. The molecule has 0 aromatic heterocycles. The number of hydrogen-bond acceptors (Lipinski definition) is 8. The van der Waals surface area contributed by atoms with Crippen LogP contribution in [0.15, 0.2) is 0 Å². The fourth-order valence-electron chi connectivity index (χ4n) is 0.329. The van der Waals surface area contributed by atoms with Crippen LogP contribution in [-0.2, 0) is 24.0 Å². The number of rotatable bonds is 4. The molecule has 0 unspecified atom stereocenters. The molecule has 14 heteroatoms. The van der Waals surface area contributed by atoms with Gasteiger partial charge in [-0.2, -0.15) is 0 Å². The molecule has 167 valence electrons. The van der Waals surface area contributed by atoms with Crippen LogP contribution in [0.2, 0.25) is 0 Å². The summed E-state index contributed by atoms with van der Waals surface area (Å²) in [6.45, 7) is 8.55. The number of carboxylic acids is 5. The molecule has 0 aliphatic heterocycles. The van der Waals surface area contributed by atoms with E-state index in [2.05, 4.69) is 5.32 Å². The van der Waals surface area contributed by atoms with Crippen molar-refractivity contribution in [2.75, 3.05) is 26.2 Å². The van der Waals surface area contributed by atoms with Gasteiger partial charge in [-0.25, -0.2) is 0 Å². The van der Waals surface area contributed by atoms with Gasteiger partial charge in [-0.3, -0.25) is 24.0 Å². The van der Waals surface area contributed by atoms with Gasteiger partial charge in [-0.15, -0.1) is 0 Å². The third-order valence-corrected chi connectivity index (χ3v) is 0.642. The van der Waals surface area contributed by atoms with Gasteiger partial charge in [-0.05, 0) is 0 Å². The smallest absolute Gasteiger partial charge is 0.300 e. The van der Waals surface area contributed by atoms with Crippen LogP contribution in [0.1, 0.15) is 34.6 Å². The zero-order valence-corrected chi connectivity index (χ0v) is 20.5. The Hall–Kier alpha value is -1.41. The normalized spacial score (nSPS) is 6.82. The Morgan fingerprint density at radius 1 is 0.571 bits per heavy atom. The Morgan fingerprint density at radius 2 is 0.679 bits per heavy atom. The molecule has 28 heavy (non-hydrogen) atoms. The summed E-state index contributed by atoms with van der Waals surface area (Å²) in [5.41, 5.74) is 10.3. The summed E-state index contributed by atoms with van der Waals surface area (Å²) in [6, 6.07) is 0. The molecule has 0 spiro atoms. The molecule has 0 rings (SSSR count). The predicted octanol–water partition coefficient (Wildman–Crippen LogP) is -1.05. The van der Waals surface area contributed by atoms with Gasteiger partial charge < -0.3 is 42.3 Å². The van der Waals surface area contributed by atoms with E-state index in [0.29, 0.717) is 13.1 Å². The summed E-state index contributed by atoms with van der Waals surface area (Å²) in [7, 11) is 0. The third-order valence-electron chi connectivity index (χ3n) is 0.642. The summed E-state index contributed by atoms with van der Waals surface area (Å²) < 4.78 is 0. The van der Waals surface area contributed by atoms with E-state index in [4.69, 9.17) is 61.0 Å². The standard InChI is InChI=1S/C4H13N3.5C2H4O2.Pr/c5-1-3-7-4-2-6;5*1-2(3)4;/h7H,1-6H2;5*1H3,(H,3,4);. The molecule has 13 nitrogen and oxygen atoms in total. The molecule has 0 aliphatic rings. The minimum Gasteiger partial charge on any atom is -0.481 e. The Morgan fingerprint density at radius 3 is 0.750 bits per heavy atom. The maximum Gasteiger partial charge on any atom is 0.300 e. The summed E-state index contributed by atoms with van der Waals surface area (Å²) >= 11 is 0. The van der Waals surface area contributed by atoms with E-state index in [-0.39, 0.29) is 41.3 Å². The first-order chi connectivity index (χ1) is 12.1. The summed E-state index contributed by atoms with van der Waals surface area (Å²) in [6.07, 6.45) is 0. The van der Waals surface area contributed by atoms with E-state index in [1.54, 1.807) is 0 Å². The number of nitrogens with one attached hydrogen (secondary N) is 1. The van der Waals surface area contributed by atoms with E-state index in [1.165, 1.54) is 0 Å². The van der Waals surface area contributed by atoms with Crippen molar-refractivity contribution < 1.29 is 90.8 Å². The summed E-state index contributed by atoms with van der Waals surface area (Å²) in [5.74, 6) is -4.17. The first-order valence-corrected chi connectivity index (χ1v) is 7.16. The maximum absolute atomic E-state index is 9.00. The Balaban J connectivity index is -0.0000000382. The van der Waals surface area contributed by atoms with Crippen molar-refractivity contribution in [2.24, 2.45) is 11.5 Å². The van der Waals surface area contributed by atoms with Crippen molar-refractivity contribution in [3.63, 3.8) is 0 Å². The molecule has 0 atom stereocenters. The molecule has 1 radical (unpaired) electrons.